The molecule has 7 nitrogen and oxygen atoms in total. The van der Waals surface area contributed by atoms with Crippen molar-refractivity contribution in [2.24, 2.45) is 0 Å². The summed E-state index contributed by atoms with van der Waals surface area (Å²) < 4.78 is 0. The summed E-state index contributed by atoms with van der Waals surface area (Å²) in [5.41, 5.74) is 0. The molecule has 0 spiro atoms. The summed E-state index contributed by atoms with van der Waals surface area (Å²) in [7, 11) is 0. The van der Waals surface area contributed by atoms with Gasteiger partial charge in [-0.3, -0.25) is 14.7 Å². The molecule has 1 aromatic rings. The summed E-state index contributed by atoms with van der Waals surface area (Å²) in [6.45, 7) is 2.01. The van der Waals surface area contributed by atoms with Crippen molar-refractivity contribution in [1.82, 2.24) is 25.4 Å². The van der Waals surface area contributed by atoms with Crippen LogP contribution in [-0.4, -0.2) is 51.5 Å². The molecular weight excluding hydrogens is 222 g/mol. The molecule has 17 heavy (non-hydrogen) atoms. The normalized spacial score (nSPS) is 14.9. The molecule has 1 aliphatic rings. The lowest BCUT2D eigenvalue weighted by Gasteiger charge is -2.14. The first-order valence-corrected chi connectivity index (χ1v) is 5.69. The van der Waals surface area contributed by atoms with Crippen molar-refractivity contribution < 1.29 is 9.59 Å². The first-order chi connectivity index (χ1) is 8.27. The Hall–Kier alpha value is -1.92. The lowest BCUT2D eigenvalue weighted by Crippen LogP contribution is -2.33. The zero-order chi connectivity index (χ0) is 12.1. The van der Waals surface area contributed by atoms with E-state index < -0.39 is 0 Å². The van der Waals surface area contributed by atoms with Crippen LogP contribution in [0.2, 0.25) is 0 Å². The minimum absolute atomic E-state index is 0.0976. The third-order valence-electron chi connectivity index (χ3n) is 2.71. The molecule has 0 radical (unpaired) electrons. The number of aromatic amines is 1. The van der Waals surface area contributed by atoms with Gasteiger partial charge in [0.2, 0.25) is 11.7 Å². The molecule has 0 aromatic carbocycles. The van der Waals surface area contributed by atoms with Gasteiger partial charge in [0.05, 0.1) is 0 Å². The second-order valence-corrected chi connectivity index (χ2v) is 3.93. The molecule has 92 valence electrons. The van der Waals surface area contributed by atoms with Gasteiger partial charge >= 0.3 is 0 Å². The maximum atomic E-state index is 11.7. The summed E-state index contributed by atoms with van der Waals surface area (Å²) >= 11 is 0. The molecule has 2 amide bonds. The van der Waals surface area contributed by atoms with Gasteiger partial charge in [0.25, 0.3) is 5.91 Å². The van der Waals surface area contributed by atoms with Crippen LogP contribution >= 0.6 is 0 Å². The Labute approximate surface area is 98.6 Å². The van der Waals surface area contributed by atoms with Crippen LogP contribution in [0.15, 0.2) is 6.33 Å². The van der Waals surface area contributed by atoms with E-state index in [4.69, 9.17) is 0 Å². The molecule has 0 atom stereocenters. The molecule has 2 heterocycles. The summed E-state index contributed by atoms with van der Waals surface area (Å²) in [6, 6.07) is 0. The van der Waals surface area contributed by atoms with E-state index in [1.54, 1.807) is 0 Å². The Kier molecular flexibility index (Phi) is 3.69. The number of nitrogens with one attached hydrogen (secondary N) is 2. The molecule has 0 aliphatic carbocycles. The Morgan fingerprint density at radius 3 is 2.82 bits per heavy atom. The van der Waals surface area contributed by atoms with Crippen LogP contribution in [0.4, 0.5) is 0 Å². The number of hydrogen-bond acceptors (Lipinski definition) is 4. The fraction of sp³-hybridized carbons (Fsp3) is 0.600. The molecule has 1 aliphatic heterocycles. The number of carbonyl (C=O) groups is 2. The highest BCUT2D eigenvalue weighted by Gasteiger charge is 2.17. The number of amides is 2. The summed E-state index contributed by atoms with van der Waals surface area (Å²) in [4.78, 5) is 28.6. The highest BCUT2D eigenvalue weighted by atomic mass is 16.2. The minimum atomic E-state index is -0.336. The maximum Gasteiger partial charge on any atom is 0.288 e. The van der Waals surface area contributed by atoms with Crippen molar-refractivity contribution in [3.8, 4) is 0 Å². The van der Waals surface area contributed by atoms with Crippen molar-refractivity contribution in [2.75, 3.05) is 19.6 Å². The zero-order valence-corrected chi connectivity index (χ0v) is 9.48. The smallest absolute Gasteiger partial charge is 0.288 e. The topological polar surface area (TPSA) is 91.0 Å². The monoisotopic (exact) mass is 237 g/mol. The van der Waals surface area contributed by atoms with Crippen molar-refractivity contribution in [2.45, 2.75) is 19.3 Å². The Balaban J connectivity index is 1.69. The molecule has 0 saturated carbocycles. The molecule has 0 bridgehead atoms. The number of carbonyl (C=O) groups excluding carboxylic acids is 2. The lowest BCUT2D eigenvalue weighted by molar-refractivity contribution is -0.129. The number of rotatable bonds is 4. The molecule has 7 heteroatoms. The minimum Gasteiger partial charge on any atom is -0.349 e. The van der Waals surface area contributed by atoms with Crippen molar-refractivity contribution >= 4 is 11.8 Å². The molecular formula is C10H15N5O2. The van der Waals surface area contributed by atoms with Crippen LogP contribution in [0.3, 0.4) is 0 Å². The maximum absolute atomic E-state index is 11.7. The van der Waals surface area contributed by atoms with Gasteiger partial charge in [-0.1, -0.05) is 0 Å². The summed E-state index contributed by atoms with van der Waals surface area (Å²) in [6.07, 6.45) is 3.76. The first-order valence-electron chi connectivity index (χ1n) is 5.69. The van der Waals surface area contributed by atoms with Gasteiger partial charge in [0, 0.05) is 26.1 Å². The lowest BCUT2D eigenvalue weighted by atomic mass is 10.3. The van der Waals surface area contributed by atoms with Crippen LogP contribution in [0.25, 0.3) is 0 Å². The molecule has 2 N–H and O–H groups in total. The quantitative estimate of drug-likeness (QED) is 0.741. The number of nitrogens with zero attached hydrogens (tertiary/aromatic N) is 3. The molecule has 1 saturated heterocycles. The van der Waals surface area contributed by atoms with Crippen LogP contribution < -0.4 is 5.32 Å². The fourth-order valence-corrected chi connectivity index (χ4v) is 1.81. The Morgan fingerprint density at radius 1 is 1.41 bits per heavy atom. The van der Waals surface area contributed by atoms with Gasteiger partial charge in [0.15, 0.2) is 0 Å². The van der Waals surface area contributed by atoms with Crippen molar-refractivity contribution in [1.29, 1.82) is 0 Å². The van der Waals surface area contributed by atoms with Crippen molar-refractivity contribution in [3.05, 3.63) is 12.2 Å². The third-order valence-corrected chi connectivity index (χ3v) is 2.71. The van der Waals surface area contributed by atoms with E-state index in [2.05, 4.69) is 20.5 Å². The average molecular weight is 237 g/mol. The van der Waals surface area contributed by atoms with E-state index in [9.17, 15) is 9.59 Å². The van der Waals surface area contributed by atoms with E-state index in [0.29, 0.717) is 13.0 Å². The largest absolute Gasteiger partial charge is 0.349 e. The van der Waals surface area contributed by atoms with Gasteiger partial charge < -0.3 is 10.2 Å². The van der Waals surface area contributed by atoms with Gasteiger partial charge in [-0.2, -0.15) is 5.10 Å². The standard InChI is InChI=1S/C10H15N5O2/c16-8(15-5-1-2-6-15)3-4-11-10(17)9-12-7-13-14-9/h7H,1-6H2,(H,11,17)(H,12,13,14). The van der Waals surface area contributed by atoms with Gasteiger partial charge in [-0.05, 0) is 12.8 Å². The zero-order valence-electron chi connectivity index (χ0n) is 9.48. The highest BCUT2D eigenvalue weighted by Crippen LogP contribution is 2.08. The van der Waals surface area contributed by atoms with Crippen LogP contribution in [0, 0.1) is 0 Å². The number of hydrogen-bond donors (Lipinski definition) is 2. The van der Waals surface area contributed by atoms with Crippen LogP contribution in [0.5, 0.6) is 0 Å². The third kappa shape index (κ3) is 3.02. The second kappa shape index (κ2) is 5.42. The van der Waals surface area contributed by atoms with E-state index in [-0.39, 0.29) is 17.6 Å². The van der Waals surface area contributed by atoms with Crippen molar-refractivity contribution in [3.63, 3.8) is 0 Å². The number of H-pyrrole nitrogens is 1. The predicted molar refractivity (Wildman–Crippen MR) is 59.1 cm³/mol. The summed E-state index contributed by atoms with van der Waals surface area (Å²) in [5, 5.41) is 8.66. The van der Waals surface area contributed by atoms with Gasteiger partial charge in [-0.15, -0.1) is 0 Å². The SMILES string of the molecule is O=C(NCCC(=O)N1CCCC1)c1ncn[nH]1. The number of likely N-dealkylation sites (tertiary alicyclic amines) is 1. The molecule has 0 unspecified atom stereocenters. The molecule has 1 fully saturated rings. The van der Waals surface area contributed by atoms with E-state index in [1.807, 2.05) is 4.90 Å². The van der Waals surface area contributed by atoms with Gasteiger partial charge in [0.1, 0.15) is 6.33 Å². The highest BCUT2D eigenvalue weighted by molar-refractivity contribution is 5.90. The number of aromatic nitrogens is 3. The van der Waals surface area contributed by atoms with E-state index in [0.717, 1.165) is 25.9 Å². The summed E-state index contributed by atoms with van der Waals surface area (Å²) in [5.74, 6) is -0.0734. The predicted octanol–water partition coefficient (Wildman–Crippen LogP) is -0.453. The van der Waals surface area contributed by atoms with E-state index in [1.165, 1.54) is 6.33 Å². The fourth-order valence-electron chi connectivity index (χ4n) is 1.81. The second-order valence-electron chi connectivity index (χ2n) is 3.93. The van der Waals surface area contributed by atoms with Gasteiger partial charge in [-0.25, -0.2) is 4.98 Å². The molecule has 2 rings (SSSR count). The van der Waals surface area contributed by atoms with Crippen LogP contribution in [-0.2, 0) is 4.79 Å². The Morgan fingerprint density at radius 2 is 2.18 bits per heavy atom. The Bertz CT molecular complexity index is 383. The van der Waals surface area contributed by atoms with E-state index >= 15 is 0 Å². The van der Waals surface area contributed by atoms with Crippen LogP contribution in [0.1, 0.15) is 29.9 Å². The first kappa shape index (κ1) is 11.6. The average Bonchev–Trinajstić information content (AvgIpc) is 3.02. The molecule has 1 aromatic heterocycles.